The van der Waals surface area contributed by atoms with Gasteiger partial charge in [0, 0.05) is 20.2 Å². The summed E-state index contributed by atoms with van der Waals surface area (Å²) in [4.78, 5) is 8.95. The molecule has 2 aromatic rings. The number of nitrogens with one attached hydrogen (secondary N) is 1. The monoisotopic (exact) mass is 277 g/mol. The van der Waals surface area contributed by atoms with Crippen LogP contribution in [0.5, 0.6) is 0 Å². The molecule has 0 aromatic carbocycles. The molecule has 2 rings (SSSR count). The molecule has 6 heteroatoms. The van der Waals surface area contributed by atoms with Gasteiger partial charge < -0.3 is 10.1 Å². The molecule has 1 N–H and O–H groups in total. The van der Waals surface area contributed by atoms with Gasteiger partial charge in [0.1, 0.15) is 11.6 Å². The molecule has 0 spiro atoms. The lowest BCUT2D eigenvalue weighted by Crippen LogP contribution is -2.21. The number of anilines is 1. The van der Waals surface area contributed by atoms with Crippen LogP contribution in [0.15, 0.2) is 0 Å². The quantitative estimate of drug-likeness (QED) is 0.877. The predicted molar refractivity (Wildman–Crippen MR) is 80.0 cm³/mol. The molecule has 110 valence electrons. The predicted octanol–water partition coefficient (Wildman–Crippen LogP) is 2.21. The van der Waals surface area contributed by atoms with Gasteiger partial charge in [0.05, 0.1) is 17.2 Å². The number of aromatic nitrogens is 4. The fourth-order valence-corrected chi connectivity index (χ4v) is 2.19. The second-order valence-corrected chi connectivity index (χ2v) is 5.09. The van der Waals surface area contributed by atoms with E-state index in [1.165, 1.54) is 0 Å². The highest BCUT2D eigenvalue weighted by molar-refractivity contribution is 5.89. The van der Waals surface area contributed by atoms with E-state index in [2.05, 4.69) is 34.2 Å². The summed E-state index contributed by atoms with van der Waals surface area (Å²) in [5.74, 6) is 1.58. The third-order valence-corrected chi connectivity index (χ3v) is 3.13. The zero-order chi connectivity index (χ0) is 14.7. The van der Waals surface area contributed by atoms with Crippen molar-refractivity contribution in [2.45, 2.75) is 40.2 Å². The van der Waals surface area contributed by atoms with Crippen LogP contribution < -0.4 is 5.32 Å². The molecule has 0 amide bonds. The van der Waals surface area contributed by atoms with E-state index in [1.54, 1.807) is 4.68 Å². The summed E-state index contributed by atoms with van der Waals surface area (Å²) in [6.45, 7) is 9.54. The Hall–Kier alpha value is -1.69. The minimum Gasteiger partial charge on any atom is -0.377 e. The summed E-state index contributed by atoms with van der Waals surface area (Å²) in [6.07, 6.45) is 1.18. The third kappa shape index (κ3) is 3.07. The Bertz CT molecular complexity index is 593. The van der Waals surface area contributed by atoms with Crippen molar-refractivity contribution < 1.29 is 4.74 Å². The number of fused-ring (bicyclic) bond motifs is 1. The van der Waals surface area contributed by atoms with Crippen LogP contribution >= 0.6 is 0 Å². The lowest BCUT2D eigenvalue weighted by molar-refractivity contribution is 0.0752. The third-order valence-electron chi connectivity index (χ3n) is 3.13. The van der Waals surface area contributed by atoms with Crippen LogP contribution in [0.2, 0.25) is 0 Å². The average Bonchev–Trinajstić information content (AvgIpc) is 2.68. The Balaban J connectivity index is 2.21. The van der Waals surface area contributed by atoms with E-state index < -0.39 is 0 Å². The summed E-state index contributed by atoms with van der Waals surface area (Å²) >= 11 is 0. The minimum atomic E-state index is 0.150. The normalized spacial score (nSPS) is 12.8. The zero-order valence-corrected chi connectivity index (χ0v) is 12.9. The maximum Gasteiger partial charge on any atom is 0.163 e. The summed E-state index contributed by atoms with van der Waals surface area (Å²) < 4.78 is 7.46. The molecular formula is C14H23N5O. The maximum atomic E-state index is 5.66. The molecule has 0 saturated carbocycles. The molecule has 0 aliphatic rings. The lowest BCUT2D eigenvalue weighted by atomic mass is 10.3. The van der Waals surface area contributed by atoms with Gasteiger partial charge in [-0.1, -0.05) is 6.92 Å². The zero-order valence-electron chi connectivity index (χ0n) is 12.9. The highest BCUT2D eigenvalue weighted by atomic mass is 16.5. The summed E-state index contributed by atoms with van der Waals surface area (Å²) in [5, 5.41) is 8.76. The van der Waals surface area contributed by atoms with E-state index in [4.69, 9.17) is 4.74 Å². The molecule has 0 unspecified atom stereocenters. The number of hydrogen-bond donors (Lipinski definition) is 1. The van der Waals surface area contributed by atoms with Crippen molar-refractivity contribution in [1.82, 2.24) is 19.7 Å². The molecule has 0 aliphatic heterocycles. The minimum absolute atomic E-state index is 0.150. The SMILES string of the molecule is CCCO[C@@H](C)CNc1nc(C)nc2c1c(C)nn2C. The van der Waals surface area contributed by atoms with E-state index in [0.29, 0.717) is 0 Å². The molecule has 1 atom stereocenters. The molecule has 0 fully saturated rings. The van der Waals surface area contributed by atoms with Gasteiger partial charge in [0.2, 0.25) is 0 Å². The van der Waals surface area contributed by atoms with Gasteiger partial charge in [0.15, 0.2) is 5.65 Å². The number of nitrogens with zero attached hydrogens (tertiary/aromatic N) is 4. The highest BCUT2D eigenvalue weighted by Gasteiger charge is 2.14. The Morgan fingerprint density at radius 3 is 2.75 bits per heavy atom. The number of rotatable bonds is 6. The molecule has 0 saturated heterocycles. The molecule has 6 nitrogen and oxygen atoms in total. The van der Waals surface area contributed by atoms with Gasteiger partial charge in [-0.2, -0.15) is 5.10 Å². The van der Waals surface area contributed by atoms with Crippen LogP contribution in [0.3, 0.4) is 0 Å². The molecule has 20 heavy (non-hydrogen) atoms. The lowest BCUT2D eigenvalue weighted by Gasteiger charge is -2.14. The first-order chi connectivity index (χ1) is 9.52. The first kappa shape index (κ1) is 14.7. The molecule has 2 aromatic heterocycles. The Labute approximate surface area is 119 Å². The van der Waals surface area contributed by atoms with Crippen LogP contribution in [-0.2, 0) is 11.8 Å². The van der Waals surface area contributed by atoms with Gasteiger partial charge in [-0.3, -0.25) is 4.68 Å². The van der Waals surface area contributed by atoms with Crippen molar-refractivity contribution in [3.05, 3.63) is 11.5 Å². The first-order valence-electron chi connectivity index (χ1n) is 7.06. The van der Waals surface area contributed by atoms with Crippen molar-refractivity contribution in [3.63, 3.8) is 0 Å². The summed E-state index contributed by atoms with van der Waals surface area (Å²) in [6, 6.07) is 0. The maximum absolute atomic E-state index is 5.66. The van der Waals surface area contributed by atoms with Gasteiger partial charge in [-0.15, -0.1) is 0 Å². The van der Waals surface area contributed by atoms with Crippen molar-refractivity contribution >= 4 is 16.9 Å². The molecule has 0 radical (unpaired) electrons. The van der Waals surface area contributed by atoms with E-state index >= 15 is 0 Å². The van der Waals surface area contributed by atoms with Crippen LogP contribution in [-0.4, -0.2) is 39.0 Å². The first-order valence-corrected chi connectivity index (χ1v) is 7.06. The van der Waals surface area contributed by atoms with Gasteiger partial charge >= 0.3 is 0 Å². The smallest absolute Gasteiger partial charge is 0.163 e. The molecule has 0 bridgehead atoms. The van der Waals surface area contributed by atoms with Gasteiger partial charge in [-0.25, -0.2) is 9.97 Å². The number of hydrogen-bond acceptors (Lipinski definition) is 5. The molecule has 2 heterocycles. The van der Waals surface area contributed by atoms with Crippen molar-refractivity contribution in [2.24, 2.45) is 7.05 Å². The van der Waals surface area contributed by atoms with Crippen LogP contribution in [0.4, 0.5) is 5.82 Å². The standard InChI is InChI=1S/C14H23N5O/c1-6-7-20-9(2)8-15-13-12-10(3)18-19(5)14(12)17-11(4)16-13/h9H,6-8H2,1-5H3,(H,15,16,17)/t9-/m0/s1. The number of aryl methyl sites for hydroxylation is 3. The average molecular weight is 277 g/mol. The summed E-state index contributed by atoms with van der Waals surface area (Å²) in [7, 11) is 1.90. The fourth-order valence-electron chi connectivity index (χ4n) is 2.19. The fraction of sp³-hybridized carbons (Fsp3) is 0.643. The highest BCUT2D eigenvalue weighted by Crippen LogP contribution is 2.23. The number of ether oxygens (including phenoxy) is 1. The van der Waals surface area contributed by atoms with E-state index in [1.807, 2.05) is 20.9 Å². The molecule has 0 aliphatic carbocycles. The van der Waals surface area contributed by atoms with Crippen LogP contribution in [0.25, 0.3) is 11.0 Å². The van der Waals surface area contributed by atoms with E-state index in [0.717, 1.165) is 47.9 Å². The van der Waals surface area contributed by atoms with Crippen LogP contribution in [0, 0.1) is 13.8 Å². The second-order valence-electron chi connectivity index (χ2n) is 5.09. The van der Waals surface area contributed by atoms with Crippen molar-refractivity contribution in [2.75, 3.05) is 18.5 Å². The van der Waals surface area contributed by atoms with Gasteiger partial charge in [0.25, 0.3) is 0 Å². The Morgan fingerprint density at radius 1 is 1.30 bits per heavy atom. The summed E-state index contributed by atoms with van der Waals surface area (Å²) in [5.41, 5.74) is 1.80. The molecular weight excluding hydrogens is 254 g/mol. The van der Waals surface area contributed by atoms with E-state index in [-0.39, 0.29) is 6.10 Å². The van der Waals surface area contributed by atoms with Crippen molar-refractivity contribution in [1.29, 1.82) is 0 Å². The topological polar surface area (TPSA) is 64.9 Å². The van der Waals surface area contributed by atoms with Gasteiger partial charge in [-0.05, 0) is 27.2 Å². The Morgan fingerprint density at radius 2 is 2.05 bits per heavy atom. The van der Waals surface area contributed by atoms with Crippen LogP contribution in [0.1, 0.15) is 31.8 Å². The Kier molecular flexibility index (Phi) is 4.54. The second kappa shape index (κ2) is 6.17. The largest absolute Gasteiger partial charge is 0.377 e. The van der Waals surface area contributed by atoms with E-state index in [9.17, 15) is 0 Å². The van der Waals surface area contributed by atoms with Crippen molar-refractivity contribution in [3.8, 4) is 0 Å².